The predicted octanol–water partition coefficient (Wildman–Crippen LogP) is 3.71. The summed E-state index contributed by atoms with van der Waals surface area (Å²) in [5.41, 5.74) is 1.44. The first kappa shape index (κ1) is 12.3. The van der Waals surface area contributed by atoms with Crippen molar-refractivity contribution in [2.45, 2.75) is 0 Å². The van der Waals surface area contributed by atoms with Gasteiger partial charge in [0, 0.05) is 22.4 Å². The number of halogens is 1. The molecule has 2 aromatic heterocycles. The summed E-state index contributed by atoms with van der Waals surface area (Å²) in [6.45, 7) is 0. The van der Waals surface area contributed by atoms with E-state index in [1.807, 2.05) is 18.2 Å². The SMILES string of the molecule is O=C(Nc1nc2ccc(Br)cc2s1)c1ccncc1. The molecule has 1 aromatic carbocycles. The van der Waals surface area contributed by atoms with Crippen molar-refractivity contribution in [2.75, 3.05) is 5.32 Å². The number of benzene rings is 1. The zero-order chi connectivity index (χ0) is 13.2. The molecule has 0 atom stereocenters. The molecule has 19 heavy (non-hydrogen) atoms. The smallest absolute Gasteiger partial charge is 0.257 e. The Morgan fingerprint density at radius 1 is 1.21 bits per heavy atom. The number of rotatable bonds is 2. The maximum Gasteiger partial charge on any atom is 0.257 e. The van der Waals surface area contributed by atoms with E-state index in [2.05, 4.69) is 31.2 Å². The number of pyridine rings is 1. The Bertz CT molecular complexity index is 742. The Balaban J connectivity index is 1.87. The van der Waals surface area contributed by atoms with E-state index in [1.165, 1.54) is 11.3 Å². The van der Waals surface area contributed by atoms with Gasteiger partial charge in [-0.3, -0.25) is 15.1 Å². The monoisotopic (exact) mass is 333 g/mol. The zero-order valence-corrected chi connectivity index (χ0v) is 12.0. The van der Waals surface area contributed by atoms with Gasteiger partial charge in [0.2, 0.25) is 0 Å². The first-order valence-electron chi connectivity index (χ1n) is 5.50. The summed E-state index contributed by atoms with van der Waals surface area (Å²) in [4.78, 5) is 20.2. The van der Waals surface area contributed by atoms with E-state index >= 15 is 0 Å². The topological polar surface area (TPSA) is 54.9 Å². The quantitative estimate of drug-likeness (QED) is 0.777. The number of aromatic nitrogens is 2. The average Bonchev–Trinajstić information content (AvgIpc) is 2.81. The Morgan fingerprint density at radius 3 is 2.79 bits per heavy atom. The van der Waals surface area contributed by atoms with E-state index < -0.39 is 0 Å². The van der Waals surface area contributed by atoms with Crippen LogP contribution < -0.4 is 5.32 Å². The minimum Gasteiger partial charge on any atom is -0.298 e. The number of hydrogen-bond donors (Lipinski definition) is 1. The number of hydrogen-bond acceptors (Lipinski definition) is 4. The highest BCUT2D eigenvalue weighted by molar-refractivity contribution is 9.10. The molecule has 3 aromatic rings. The van der Waals surface area contributed by atoms with Crippen molar-refractivity contribution >= 4 is 48.5 Å². The number of fused-ring (bicyclic) bond motifs is 1. The molecule has 2 heterocycles. The van der Waals surface area contributed by atoms with Crippen molar-refractivity contribution in [3.63, 3.8) is 0 Å². The molecule has 1 amide bonds. The van der Waals surface area contributed by atoms with Gasteiger partial charge in [0.25, 0.3) is 5.91 Å². The van der Waals surface area contributed by atoms with Crippen molar-refractivity contribution in [3.8, 4) is 0 Å². The van der Waals surface area contributed by atoms with Gasteiger partial charge in [0.15, 0.2) is 5.13 Å². The lowest BCUT2D eigenvalue weighted by molar-refractivity contribution is 0.102. The average molecular weight is 334 g/mol. The van der Waals surface area contributed by atoms with Crippen LogP contribution in [-0.2, 0) is 0 Å². The van der Waals surface area contributed by atoms with E-state index in [4.69, 9.17) is 0 Å². The molecule has 0 fully saturated rings. The Kier molecular flexibility index (Phi) is 3.27. The van der Waals surface area contributed by atoms with Crippen molar-refractivity contribution in [1.82, 2.24) is 9.97 Å². The number of nitrogens with one attached hydrogen (secondary N) is 1. The highest BCUT2D eigenvalue weighted by Crippen LogP contribution is 2.28. The molecule has 3 rings (SSSR count). The second kappa shape index (κ2) is 5.07. The molecule has 0 aliphatic rings. The standard InChI is InChI=1S/C13H8BrN3OS/c14-9-1-2-10-11(7-9)19-13(16-10)17-12(18)8-3-5-15-6-4-8/h1-7H,(H,16,17,18). The zero-order valence-electron chi connectivity index (χ0n) is 9.63. The van der Waals surface area contributed by atoms with Crippen LogP contribution in [0.2, 0.25) is 0 Å². The van der Waals surface area contributed by atoms with Gasteiger partial charge < -0.3 is 0 Å². The second-order valence-electron chi connectivity index (χ2n) is 3.82. The summed E-state index contributed by atoms with van der Waals surface area (Å²) >= 11 is 4.86. The highest BCUT2D eigenvalue weighted by atomic mass is 79.9. The summed E-state index contributed by atoms with van der Waals surface area (Å²) in [5.74, 6) is -0.180. The molecule has 6 heteroatoms. The Hall–Kier alpha value is -1.79. The fraction of sp³-hybridized carbons (Fsp3) is 0. The van der Waals surface area contributed by atoms with E-state index in [9.17, 15) is 4.79 Å². The van der Waals surface area contributed by atoms with Crippen molar-refractivity contribution in [3.05, 3.63) is 52.8 Å². The van der Waals surface area contributed by atoms with Crippen LogP contribution in [0.25, 0.3) is 10.2 Å². The molecule has 0 spiro atoms. The molecular formula is C13H8BrN3OS. The van der Waals surface area contributed by atoms with Gasteiger partial charge in [0.1, 0.15) is 0 Å². The maximum atomic E-state index is 12.0. The summed E-state index contributed by atoms with van der Waals surface area (Å²) in [5, 5.41) is 3.39. The second-order valence-corrected chi connectivity index (χ2v) is 5.77. The number of carbonyl (C=O) groups excluding carboxylic acids is 1. The molecule has 0 radical (unpaired) electrons. The van der Waals surface area contributed by atoms with Crippen LogP contribution in [0.4, 0.5) is 5.13 Å². The third-order valence-electron chi connectivity index (χ3n) is 2.51. The maximum absolute atomic E-state index is 12.0. The summed E-state index contributed by atoms with van der Waals surface area (Å²) < 4.78 is 2.02. The van der Waals surface area contributed by atoms with E-state index in [-0.39, 0.29) is 5.91 Å². The molecule has 0 bridgehead atoms. The van der Waals surface area contributed by atoms with Crippen LogP contribution in [0.15, 0.2) is 47.2 Å². The molecule has 0 saturated carbocycles. The number of amides is 1. The third kappa shape index (κ3) is 2.64. The van der Waals surface area contributed by atoms with Gasteiger partial charge in [-0.2, -0.15) is 0 Å². The number of nitrogens with zero attached hydrogens (tertiary/aromatic N) is 2. The molecule has 94 valence electrons. The number of anilines is 1. The normalized spacial score (nSPS) is 10.6. The first-order valence-corrected chi connectivity index (χ1v) is 7.11. The van der Waals surface area contributed by atoms with E-state index in [0.29, 0.717) is 10.7 Å². The lowest BCUT2D eigenvalue weighted by Gasteiger charge is -1.99. The molecule has 0 saturated heterocycles. The van der Waals surface area contributed by atoms with Gasteiger partial charge in [-0.05, 0) is 30.3 Å². The van der Waals surface area contributed by atoms with Gasteiger partial charge in [-0.1, -0.05) is 27.3 Å². The molecule has 1 N–H and O–H groups in total. The largest absolute Gasteiger partial charge is 0.298 e. The van der Waals surface area contributed by atoms with Crippen LogP contribution in [0.5, 0.6) is 0 Å². The fourth-order valence-electron chi connectivity index (χ4n) is 1.62. The summed E-state index contributed by atoms with van der Waals surface area (Å²) in [6.07, 6.45) is 3.18. The van der Waals surface area contributed by atoms with E-state index in [1.54, 1.807) is 24.5 Å². The van der Waals surface area contributed by atoms with Crippen LogP contribution in [0, 0.1) is 0 Å². The van der Waals surface area contributed by atoms with Crippen LogP contribution in [0.1, 0.15) is 10.4 Å². The predicted molar refractivity (Wildman–Crippen MR) is 79.5 cm³/mol. The van der Waals surface area contributed by atoms with Gasteiger partial charge in [-0.15, -0.1) is 0 Å². The Labute approximate surface area is 121 Å². The first-order chi connectivity index (χ1) is 9.22. The van der Waals surface area contributed by atoms with Gasteiger partial charge >= 0.3 is 0 Å². The van der Waals surface area contributed by atoms with Crippen molar-refractivity contribution < 1.29 is 4.79 Å². The van der Waals surface area contributed by atoms with Gasteiger partial charge in [-0.25, -0.2) is 4.98 Å². The summed E-state index contributed by atoms with van der Waals surface area (Å²) in [7, 11) is 0. The molecule has 0 aliphatic heterocycles. The Morgan fingerprint density at radius 2 is 2.00 bits per heavy atom. The molecule has 0 aliphatic carbocycles. The highest BCUT2D eigenvalue weighted by Gasteiger charge is 2.09. The summed E-state index contributed by atoms with van der Waals surface area (Å²) in [6, 6.07) is 9.15. The number of thiazole rings is 1. The molecule has 4 nitrogen and oxygen atoms in total. The van der Waals surface area contributed by atoms with Crippen LogP contribution in [-0.4, -0.2) is 15.9 Å². The minimum absolute atomic E-state index is 0.180. The van der Waals surface area contributed by atoms with E-state index in [0.717, 1.165) is 14.7 Å². The van der Waals surface area contributed by atoms with Crippen molar-refractivity contribution in [1.29, 1.82) is 0 Å². The van der Waals surface area contributed by atoms with Crippen LogP contribution in [0.3, 0.4) is 0 Å². The molecule has 0 unspecified atom stereocenters. The third-order valence-corrected chi connectivity index (χ3v) is 3.94. The number of carbonyl (C=O) groups is 1. The van der Waals surface area contributed by atoms with Crippen molar-refractivity contribution in [2.24, 2.45) is 0 Å². The van der Waals surface area contributed by atoms with Gasteiger partial charge in [0.05, 0.1) is 10.2 Å². The van der Waals surface area contributed by atoms with Crippen LogP contribution >= 0.6 is 27.3 Å². The minimum atomic E-state index is -0.180. The molecular weight excluding hydrogens is 326 g/mol. The lowest BCUT2D eigenvalue weighted by Crippen LogP contribution is -2.11. The lowest BCUT2D eigenvalue weighted by atomic mass is 10.2. The fourth-order valence-corrected chi connectivity index (χ4v) is 3.04.